The molecule has 0 fully saturated rings. The Labute approximate surface area is 255 Å². The van der Waals surface area contributed by atoms with Gasteiger partial charge >= 0.3 is 5.97 Å². The number of aryl methyl sites for hydroxylation is 5. The average molecular weight is 589 g/mol. The number of fused-ring (bicyclic) bond motifs is 5. The third-order valence-corrected chi connectivity index (χ3v) is 9.50. The third kappa shape index (κ3) is 4.76. The van der Waals surface area contributed by atoms with Crippen molar-refractivity contribution < 1.29 is 14.7 Å². The van der Waals surface area contributed by atoms with Crippen molar-refractivity contribution in [3.63, 3.8) is 0 Å². The van der Waals surface area contributed by atoms with Gasteiger partial charge in [0.15, 0.2) is 5.65 Å². The molecule has 2 aromatic carbocycles. The van der Waals surface area contributed by atoms with E-state index in [1.807, 2.05) is 34.2 Å². The van der Waals surface area contributed by atoms with Gasteiger partial charge in [0.2, 0.25) is 0 Å². The molecule has 44 heavy (non-hydrogen) atoms. The number of pyridine rings is 1. The SMILES string of the molecule is Cc1c2n(C)c3ccc(cc13)CC/C=C\CCn1nnc3c(C)c(cnc31)C(CC(=O)O)c1ccc3c(c1)CN(CC3)C2=O. The van der Waals surface area contributed by atoms with Crippen LogP contribution in [0.4, 0.5) is 0 Å². The van der Waals surface area contributed by atoms with Crippen molar-refractivity contribution in [3.05, 3.63) is 99.4 Å². The molecule has 0 aliphatic carbocycles. The lowest BCUT2D eigenvalue weighted by Crippen LogP contribution is -2.37. The van der Waals surface area contributed by atoms with Crippen LogP contribution < -0.4 is 0 Å². The Morgan fingerprint density at radius 3 is 2.68 bits per heavy atom. The summed E-state index contributed by atoms with van der Waals surface area (Å²) >= 11 is 0. The summed E-state index contributed by atoms with van der Waals surface area (Å²) in [6.07, 6.45) is 9.48. The highest BCUT2D eigenvalue weighted by Gasteiger charge is 2.29. The molecule has 3 aromatic heterocycles. The van der Waals surface area contributed by atoms with E-state index in [4.69, 9.17) is 4.98 Å². The van der Waals surface area contributed by atoms with Gasteiger partial charge in [-0.3, -0.25) is 9.59 Å². The molecule has 0 saturated heterocycles. The van der Waals surface area contributed by atoms with Crippen LogP contribution in [0.3, 0.4) is 0 Å². The van der Waals surface area contributed by atoms with Gasteiger partial charge in [-0.05, 0) is 90.6 Å². The number of carbonyl (C=O) groups excluding carboxylic acids is 1. The molecule has 8 rings (SSSR count). The maximum atomic E-state index is 14.1. The Kier molecular flexibility index (Phi) is 7.03. The smallest absolute Gasteiger partial charge is 0.304 e. The quantitative estimate of drug-likeness (QED) is 0.268. The number of allylic oxidation sites excluding steroid dienone is 2. The number of hydrogen-bond donors (Lipinski definition) is 1. The third-order valence-electron chi connectivity index (χ3n) is 9.50. The summed E-state index contributed by atoms with van der Waals surface area (Å²) < 4.78 is 3.86. The van der Waals surface area contributed by atoms with Crippen LogP contribution in [-0.2, 0) is 37.8 Å². The fourth-order valence-corrected chi connectivity index (χ4v) is 7.06. The van der Waals surface area contributed by atoms with Gasteiger partial charge < -0.3 is 14.6 Å². The summed E-state index contributed by atoms with van der Waals surface area (Å²) in [5.41, 5.74) is 10.3. The zero-order valence-electron chi connectivity index (χ0n) is 25.4. The summed E-state index contributed by atoms with van der Waals surface area (Å²) in [5, 5.41) is 19.9. The van der Waals surface area contributed by atoms with E-state index in [1.54, 1.807) is 6.20 Å². The fourth-order valence-electron chi connectivity index (χ4n) is 7.06. The maximum absolute atomic E-state index is 14.1. The van der Waals surface area contributed by atoms with E-state index in [1.165, 1.54) is 11.1 Å². The highest BCUT2D eigenvalue weighted by Crippen LogP contribution is 2.35. The van der Waals surface area contributed by atoms with Gasteiger partial charge in [0, 0.05) is 49.7 Å². The highest BCUT2D eigenvalue weighted by atomic mass is 16.4. The van der Waals surface area contributed by atoms with Crippen molar-refractivity contribution in [3.8, 4) is 0 Å². The number of aromatic nitrogens is 5. The van der Waals surface area contributed by atoms with Crippen LogP contribution in [0.1, 0.15) is 74.6 Å². The van der Waals surface area contributed by atoms with Crippen molar-refractivity contribution in [1.82, 2.24) is 29.4 Å². The van der Waals surface area contributed by atoms with E-state index in [9.17, 15) is 14.7 Å². The van der Waals surface area contributed by atoms with E-state index >= 15 is 0 Å². The highest BCUT2D eigenvalue weighted by molar-refractivity contribution is 6.01. The van der Waals surface area contributed by atoms with Gasteiger partial charge in [0.1, 0.15) is 11.2 Å². The number of aliphatic carboxylic acids is 1. The van der Waals surface area contributed by atoms with E-state index in [0.29, 0.717) is 30.8 Å². The molecule has 9 heteroatoms. The van der Waals surface area contributed by atoms with E-state index in [-0.39, 0.29) is 12.3 Å². The molecule has 5 aromatic rings. The van der Waals surface area contributed by atoms with Gasteiger partial charge in [-0.25, -0.2) is 9.67 Å². The number of benzene rings is 2. The zero-order valence-corrected chi connectivity index (χ0v) is 25.4. The Morgan fingerprint density at radius 2 is 1.84 bits per heavy atom. The summed E-state index contributed by atoms with van der Waals surface area (Å²) in [6.45, 7) is 5.80. The lowest BCUT2D eigenvalue weighted by molar-refractivity contribution is -0.137. The van der Waals surface area contributed by atoms with Gasteiger partial charge in [-0.15, -0.1) is 5.10 Å². The largest absolute Gasteiger partial charge is 0.481 e. The standard InChI is InChI=1S/C35H36N6O3/c1-21-29-19-36-34-32(21)37-38-41(34)14-7-5-4-6-8-23-9-12-30-27(16-23)22(2)33(39(30)3)35(44)40-15-13-24-10-11-25(17-26(24)20-40)28(29)18-31(42)43/h4-5,9-12,16-17,19,28H,6-8,13-15,18,20H2,1-3H3,(H,42,43)/b5-4-. The molecule has 1 atom stereocenters. The first-order valence-electron chi connectivity index (χ1n) is 15.3. The van der Waals surface area contributed by atoms with E-state index in [0.717, 1.165) is 70.1 Å². The summed E-state index contributed by atoms with van der Waals surface area (Å²) in [5.74, 6) is -1.27. The summed E-state index contributed by atoms with van der Waals surface area (Å²) in [4.78, 5) is 32.9. The number of rotatable bonds is 2. The number of amides is 1. The van der Waals surface area contributed by atoms with Crippen molar-refractivity contribution in [2.75, 3.05) is 6.54 Å². The van der Waals surface area contributed by atoms with Crippen LogP contribution in [0.25, 0.3) is 22.1 Å². The molecule has 0 spiro atoms. The Balaban J connectivity index is 1.34. The number of nitrogens with zero attached hydrogens (tertiary/aromatic N) is 6. The maximum Gasteiger partial charge on any atom is 0.304 e. The van der Waals surface area contributed by atoms with Crippen LogP contribution in [0.15, 0.2) is 54.7 Å². The lowest BCUT2D eigenvalue weighted by Gasteiger charge is -2.30. The van der Waals surface area contributed by atoms with Crippen molar-refractivity contribution in [2.24, 2.45) is 7.05 Å². The first-order valence-corrected chi connectivity index (χ1v) is 15.3. The first kappa shape index (κ1) is 28.0. The second-order valence-corrected chi connectivity index (χ2v) is 12.2. The second kappa shape index (κ2) is 11.0. The molecule has 9 nitrogen and oxygen atoms in total. The number of carbonyl (C=O) groups is 2. The van der Waals surface area contributed by atoms with Gasteiger partial charge in [-0.2, -0.15) is 0 Å². The molecule has 10 bridgehead atoms. The topological polar surface area (TPSA) is 106 Å². The monoisotopic (exact) mass is 588 g/mol. The van der Waals surface area contributed by atoms with Crippen LogP contribution in [0.5, 0.6) is 0 Å². The Bertz CT molecular complexity index is 1980. The van der Waals surface area contributed by atoms with Gasteiger partial charge in [0.25, 0.3) is 5.91 Å². The first-order chi connectivity index (χ1) is 21.3. The van der Waals surface area contributed by atoms with Crippen LogP contribution in [0, 0.1) is 13.8 Å². The minimum atomic E-state index is -0.883. The second-order valence-electron chi connectivity index (χ2n) is 12.2. The van der Waals surface area contributed by atoms with Crippen molar-refractivity contribution in [2.45, 2.75) is 65.0 Å². The van der Waals surface area contributed by atoms with Crippen molar-refractivity contribution in [1.29, 1.82) is 0 Å². The molecule has 0 saturated carbocycles. The van der Waals surface area contributed by atoms with E-state index < -0.39 is 11.9 Å². The van der Waals surface area contributed by atoms with Crippen LogP contribution in [0.2, 0.25) is 0 Å². The minimum Gasteiger partial charge on any atom is -0.481 e. The van der Waals surface area contributed by atoms with Crippen LogP contribution >= 0.6 is 0 Å². The molecule has 1 amide bonds. The minimum absolute atomic E-state index is 0.0239. The molecule has 3 aliphatic rings. The Hall–Kier alpha value is -4.79. The summed E-state index contributed by atoms with van der Waals surface area (Å²) in [6, 6.07) is 12.7. The number of carboxylic acid groups (broad SMARTS) is 1. The van der Waals surface area contributed by atoms with Gasteiger partial charge in [0.05, 0.1) is 6.42 Å². The molecule has 3 aliphatic heterocycles. The Morgan fingerprint density at radius 1 is 1.00 bits per heavy atom. The van der Waals surface area contributed by atoms with Crippen LogP contribution in [-0.4, -0.2) is 53.0 Å². The number of hydrogen-bond acceptors (Lipinski definition) is 5. The number of carboxylic acids is 1. The molecular formula is C35H36N6O3. The molecule has 1 unspecified atom stereocenters. The zero-order chi connectivity index (χ0) is 30.5. The normalized spacial score (nSPS) is 17.9. The lowest BCUT2D eigenvalue weighted by atomic mass is 9.84. The van der Waals surface area contributed by atoms with Crippen molar-refractivity contribution >= 4 is 33.9 Å². The molecule has 0 radical (unpaired) electrons. The summed E-state index contributed by atoms with van der Waals surface area (Å²) in [7, 11) is 1.98. The molecule has 6 heterocycles. The van der Waals surface area contributed by atoms with E-state index in [2.05, 4.69) is 59.7 Å². The molecule has 224 valence electrons. The molecular weight excluding hydrogens is 552 g/mol. The van der Waals surface area contributed by atoms with Gasteiger partial charge in [-0.1, -0.05) is 41.6 Å². The predicted molar refractivity (Wildman–Crippen MR) is 169 cm³/mol. The fraction of sp³-hybridized carbons (Fsp3) is 0.343. The predicted octanol–water partition coefficient (Wildman–Crippen LogP) is 5.63. The average Bonchev–Trinajstić information content (AvgIpc) is 3.54. The molecule has 1 N–H and O–H groups in total.